The molecule has 0 spiro atoms. The van der Waals surface area contributed by atoms with Crippen LogP contribution in [0, 0.1) is 0 Å². The van der Waals surface area contributed by atoms with Gasteiger partial charge in [0, 0.05) is 29.4 Å². The quantitative estimate of drug-likeness (QED) is 0.744. The number of halogens is 1. The van der Waals surface area contributed by atoms with Gasteiger partial charge in [-0.1, -0.05) is 35.0 Å². The number of carbonyl (C=O) groups is 1. The van der Waals surface area contributed by atoms with E-state index in [-0.39, 0.29) is 12.5 Å². The second-order valence-corrected chi connectivity index (χ2v) is 5.52. The lowest BCUT2D eigenvalue weighted by Crippen LogP contribution is -2.23. The highest BCUT2D eigenvalue weighted by atomic mass is 35.5. The van der Waals surface area contributed by atoms with Crippen LogP contribution >= 0.6 is 11.6 Å². The predicted octanol–water partition coefficient (Wildman–Crippen LogP) is 3.03. The molecule has 1 aromatic carbocycles. The molecule has 1 N–H and O–H groups in total. The van der Waals surface area contributed by atoms with Gasteiger partial charge in [-0.25, -0.2) is 0 Å². The first kappa shape index (κ1) is 16.1. The fraction of sp³-hybridized carbons (Fsp3) is 0.176. The van der Waals surface area contributed by atoms with Crippen LogP contribution in [0.5, 0.6) is 0 Å². The van der Waals surface area contributed by atoms with E-state index < -0.39 is 0 Å². The summed E-state index contributed by atoms with van der Waals surface area (Å²) in [6.07, 6.45) is 4.23. The summed E-state index contributed by atoms with van der Waals surface area (Å²) in [6, 6.07) is 11.1. The maximum atomic E-state index is 11.9. The van der Waals surface area contributed by atoms with E-state index in [1.165, 1.54) is 0 Å². The van der Waals surface area contributed by atoms with Gasteiger partial charge >= 0.3 is 0 Å². The van der Waals surface area contributed by atoms with Gasteiger partial charge in [-0.3, -0.25) is 9.78 Å². The van der Waals surface area contributed by atoms with Gasteiger partial charge in [0.05, 0.1) is 6.54 Å². The van der Waals surface area contributed by atoms with Crippen LogP contribution in [-0.4, -0.2) is 21.0 Å². The highest BCUT2D eigenvalue weighted by Gasteiger charge is 2.10. The van der Waals surface area contributed by atoms with Crippen LogP contribution in [0.4, 0.5) is 0 Å². The molecule has 0 saturated carbocycles. The van der Waals surface area contributed by atoms with Crippen LogP contribution in [0.25, 0.3) is 11.4 Å². The summed E-state index contributed by atoms with van der Waals surface area (Å²) in [5.74, 6) is 0.726. The third-order valence-corrected chi connectivity index (χ3v) is 3.79. The van der Waals surface area contributed by atoms with Gasteiger partial charge in [-0.15, -0.1) is 0 Å². The fourth-order valence-electron chi connectivity index (χ4n) is 2.16. The maximum Gasteiger partial charge on any atom is 0.246 e. The number of benzene rings is 1. The first-order valence-corrected chi connectivity index (χ1v) is 7.83. The number of hydrogen-bond donors (Lipinski definition) is 1. The first-order valence-electron chi connectivity index (χ1n) is 7.45. The Hall–Kier alpha value is -2.73. The Morgan fingerprint density at radius 2 is 1.96 bits per heavy atom. The molecule has 24 heavy (non-hydrogen) atoms. The highest BCUT2D eigenvalue weighted by molar-refractivity contribution is 6.31. The molecule has 0 unspecified atom stereocenters. The molecule has 0 atom stereocenters. The number of nitrogens with zero attached hydrogens (tertiary/aromatic N) is 3. The number of aryl methyl sites for hydroxylation is 1. The van der Waals surface area contributed by atoms with Crippen molar-refractivity contribution in [2.75, 3.05) is 0 Å². The van der Waals surface area contributed by atoms with Gasteiger partial charge in [0.15, 0.2) is 0 Å². The number of amides is 1. The van der Waals surface area contributed by atoms with Crippen molar-refractivity contribution in [3.63, 3.8) is 0 Å². The molecule has 0 aliphatic carbocycles. The van der Waals surface area contributed by atoms with Crippen molar-refractivity contribution in [3.8, 4) is 11.4 Å². The van der Waals surface area contributed by atoms with E-state index in [0.717, 1.165) is 11.1 Å². The minimum atomic E-state index is -0.0985. The molecule has 6 nitrogen and oxygen atoms in total. The fourth-order valence-corrected chi connectivity index (χ4v) is 2.39. The molecule has 2 aromatic heterocycles. The Bertz CT molecular complexity index is 820. The molecule has 3 rings (SSSR count). The molecule has 0 radical (unpaired) electrons. The maximum absolute atomic E-state index is 11.9. The number of carbonyl (C=O) groups excluding carboxylic acids is 1. The molecule has 0 fully saturated rings. The number of pyridine rings is 1. The van der Waals surface area contributed by atoms with Crippen molar-refractivity contribution in [1.82, 2.24) is 20.4 Å². The number of nitrogens with one attached hydrogen (secondary N) is 1. The predicted molar refractivity (Wildman–Crippen MR) is 89.1 cm³/mol. The lowest BCUT2D eigenvalue weighted by Gasteiger charge is -2.04. The Morgan fingerprint density at radius 3 is 2.75 bits per heavy atom. The van der Waals surface area contributed by atoms with Crippen molar-refractivity contribution < 1.29 is 9.32 Å². The number of rotatable bonds is 6. The zero-order chi connectivity index (χ0) is 16.8. The largest absolute Gasteiger partial charge is 0.347 e. The number of hydrogen-bond acceptors (Lipinski definition) is 5. The van der Waals surface area contributed by atoms with E-state index in [4.69, 9.17) is 16.1 Å². The lowest BCUT2D eigenvalue weighted by atomic mass is 10.1. The van der Waals surface area contributed by atoms with Gasteiger partial charge in [0.25, 0.3) is 0 Å². The summed E-state index contributed by atoms with van der Waals surface area (Å²) < 4.78 is 5.13. The molecule has 0 aliphatic rings. The summed E-state index contributed by atoms with van der Waals surface area (Å²) in [5.41, 5.74) is 1.76. The third kappa shape index (κ3) is 4.17. The minimum Gasteiger partial charge on any atom is -0.347 e. The van der Waals surface area contributed by atoms with Crippen LogP contribution in [0.2, 0.25) is 5.02 Å². The normalized spacial score (nSPS) is 10.5. The van der Waals surface area contributed by atoms with Gasteiger partial charge in [-0.05, 0) is 30.2 Å². The van der Waals surface area contributed by atoms with Crippen molar-refractivity contribution in [1.29, 1.82) is 0 Å². The molecular weight excluding hydrogens is 328 g/mol. The molecule has 0 bridgehead atoms. The van der Waals surface area contributed by atoms with E-state index in [0.29, 0.717) is 29.6 Å². The van der Waals surface area contributed by atoms with Crippen LogP contribution in [0.1, 0.15) is 17.9 Å². The first-order chi connectivity index (χ1) is 11.7. The Balaban J connectivity index is 1.50. The van der Waals surface area contributed by atoms with Gasteiger partial charge in [-0.2, -0.15) is 4.98 Å². The highest BCUT2D eigenvalue weighted by Crippen LogP contribution is 2.16. The van der Waals surface area contributed by atoms with Gasteiger partial charge in [0.1, 0.15) is 0 Å². The third-order valence-electron chi connectivity index (χ3n) is 3.42. The topological polar surface area (TPSA) is 80.9 Å². The summed E-state index contributed by atoms with van der Waals surface area (Å²) in [6.45, 7) is 0.194. The smallest absolute Gasteiger partial charge is 0.246 e. The second kappa shape index (κ2) is 7.70. The second-order valence-electron chi connectivity index (χ2n) is 5.12. The van der Waals surface area contributed by atoms with Crippen molar-refractivity contribution >= 4 is 17.5 Å². The zero-order valence-electron chi connectivity index (χ0n) is 12.8. The van der Waals surface area contributed by atoms with Gasteiger partial charge < -0.3 is 9.84 Å². The summed E-state index contributed by atoms with van der Waals surface area (Å²) in [7, 11) is 0. The number of aromatic nitrogens is 3. The van der Waals surface area contributed by atoms with Gasteiger partial charge in [0.2, 0.25) is 17.6 Å². The molecule has 2 heterocycles. The molecule has 7 heteroatoms. The molecule has 0 saturated heterocycles. The van der Waals surface area contributed by atoms with Crippen LogP contribution in [0.15, 0.2) is 53.3 Å². The molecule has 0 aliphatic heterocycles. The molecule has 3 aromatic rings. The van der Waals surface area contributed by atoms with Crippen molar-refractivity contribution in [2.45, 2.75) is 19.4 Å². The van der Waals surface area contributed by atoms with E-state index in [1.807, 2.05) is 24.3 Å². The summed E-state index contributed by atoms with van der Waals surface area (Å²) >= 11 is 6.07. The molecular formula is C17H15ClN4O2. The van der Waals surface area contributed by atoms with Crippen LogP contribution < -0.4 is 5.32 Å². The van der Waals surface area contributed by atoms with E-state index in [2.05, 4.69) is 20.4 Å². The standard InChI is InChI=1S/C17H15ClN4O2/c18-14-4-2-1-3-12(14)5-6-15(23)20-11-16-21-17(22-24-16)13-7-9-19-10-8-13/h1-4,7-10H,5-6,11H2,(H,20,23). The minimum absolute atomic E-state index is 0.0985. The average Bonchev–Trinajstić information content (AvgIpc) is 3.09. The monoisotopic (exact) mass is 342 g/mol. The van der Waals surface area contributed by atoms with Crippen LogP contribution in [-0.2, 0) is 17.8 Å². The average molecular weight is 343 g/mol. The Labute approximate surface area is 143 Å². The SMILES string of the molecule is O=C(CCc1ccccc1Cl)NCc1nc(-c2ccncc2)no1. The Kier molecular flexibility index (Phi) is 5.18. The van der Waals surface area contributed by atoms with Crippen molar-refractivity contribution in [2.24, 2.45) is 0 Å². The van der Waals surface area contributed by atoms with E-state index in [1.54, 1.807) is 24.5 Å². The Morgan fingerprint density at radius 1 is 1.17 bits per heavy atom. The summed E-state index contributed by atoms with van der Waals surface area (Å²) in [4.78, 5) is 20.1. The van der Waals surface area contributed by atoms with E-state index >= 15 is 0 Å². The lowest BCUT2D eigenvalue weighted by molar-refractivity contribution is -0.121. The zero-order valence-corrected chi connectivity index (χ0v) is 13.5. The van der Waals surface area contributed by atoms with Crippen molar-refractivity contribution in [3.05, 3.63) is 65.3 Å². The summed E-state index contributed by atoms with van der Waals surface area (Å²) in [5, 5.41) is 7.32. The molecule has 1 amide bonds. The van der Waals surface area contributed by atoms with E-state index in [9.17, 15) is 4.79 Å². The molecule has 122 valence electrons. The van der Waals surface area contributed by atoms with Crippen LogP contribution in [0.3, 0.4) is 0 Å².